The second-order valence-electron chi connectivity index (χ2n) is 6.64. The molecule has 0 saturated carbocycles. The molecule has 2 heterocycles. The zero-order valence-corrected chi connectivity index (χ0v) is 16.0. The van der Waals surface area contributed by atoms with E-state index in [1.807, 2.05) is 23.1 Å². The number of likely N-dealkylation sites (tertiary alicyclic amines) is 1. The normalized spacial score (nSPS) is 19.3. The van der Waals surface area contributed by atoms with Crippen LogP contribution in [0.2, 0.25) is 5.02 Å². The van der Waals surface area contributed by atoms with E-state index in [0.29, 0.717) is 29.2 Å². The predicted molar refractivity (Wildman–Crippen MR) is 104 cm³/mol. The molecule has 2 N–H and O–H groups in total. The summed E-state index contributed by atoms with van der Waals surface area (Å²) in [6, 6.07) is 7.42. The van der Waals surface area contributed by atoms with Gasteiger partial charge in [-0.15, -0.1) is 24.8 Å². The van der Waals surface area contributed by atoms with E-state index in [4.69, 9.17) is 17.3 Å². The second-order valence-corrected chi connectivity index (χ2v) is 7.08. The molecule has 24 heavy (non-hydrogen) atoms. The first-order valence-electron chi connectivity index (χ1n) is 7.47. The zero-order valence-electron chi connectivity index (χ0n) is 13.7. The van der Waals surface area contributed by atoms with E-state index < -0.39 is 0 Å². The van der Waals surface area contributed by atoms with Gasteiger partial charge in [-0.1, -0.05) is 31.5 Å². The number of halogens is 3. The lowest BCUT2D eigenvalue weighted by atomic mass is 9.79. The highest BCUT2D eigenvalue weighted by Gasteiger charge is 2.36. The van der Waals surface area contributed by atoms with Crippen molar-refractivity contribution in [3.8, 4) is 0 Å². The number of fused-ring (bicyclic) bond motifs is 1. The first kappa shape index (κ1) is 21.0. The Hall–Kier alpha value is -1.07. The first-order valence-corrected chi connectivity index (χ1v) is 7.85. The number of hydrogen-bond acceptors (Lipinski definition) is 3. The Balaban J connectivity index is 0.00000144. The molecule has 0 aliphatic carbocycles. The van der Waals surface area contributed by atoms with Crippen LogP contribution in [0.5, 0.6) is 0 Å². The van der Waals surface area contributed by atoms with Gasteiger partial charge in [-0.25, -0.2) is 0 Å². The Morgan fingerprint density at radius 1 is 1.38 bits per heavy atom. The average molecular weight is 391 g/mol. The highest BCUT2D eigenvalue weighted by Crippen LogP contribution is 2.30. The molecule has 1 atom stereocenters. The van der Waals surface area contributed by atoms with Crippen LogP contribution in [0.15, 0.2) is 30.5 Å². The van der Waals surface area contributed by atoms with E-state index in [0.717, 1.165) is 11.8 Å². The number of hydrogen-bond donors (Lipinski definition) is 1. The Morgan fingerprint density at radius 3 is 2.75 bits per heavy atom. The van der Waals surface area contributed by atoms with Crippen molar-refractivity contribution < 1.29 is 4.79 Å². The van der Waals surface area contributed by atoms with Crippen LogP contribution in [0.4, 0.5) is 0 Å². The van der Waals surface area contributed by atoms with E-state index in [1.165, 1.54) is 0 Å². The monoisotopic (exact) mass is 389 g/mol. The molecule has 1 aliphatic heterocycles. The summed E-state index contributed by atoms with van der Waals surface area (Å²) in [4.78, 5) is 19.2. The summed E-state index contributed by atoms with van der Waals surface area (Å²) < 4.78 is 0. The molecule has 1 aromatic carbocycles. The number of carbonyl (C=O) groups is 1. The fourth-order valence-corrected chi connectivity index (χ4v) is 3.26. The van der Waals surface area contributed by atoms with Gasteiger partial charge in [0.2, 0.25) is 0 Å². The van der Waals surface area contributed by atoms with E-state index in [9.17, 15) is 4.79 Å². The Kier molecular flexibility index (Phi) is 6.88. The van der Waals surface area contributed by atoms with Crippen molar-refractivity contribution in [1.29, 1.82) is 0 Å². The highest BCUT2D eigenvalue weighted by molar-refractivity contribution is 6.32. The summed E-state index contributed by atoms with van der Waals surface area (Å²) in [7, 11) is 0. The number of piperidine rings is 1. The Bertz CT molecular complexity index is 736. The third-order valence-electron chi connectivity index (χ3n) is 4.50. The maximum Gasteiger partial charge on any atom is 0.256 e. The minimum absolute atomic E-state index is 0. The summed E-state index contributed by atoms with van der Waals surface area (Å²) in [5.74, 6) is -0.0221. The minimum Gasteiger partial charge on any atom is -0.338 e. The SMILES string of the molecule is CC1(C)CN(C(=O)c2cc(Cl)cc3cccnc23)CCC1N.Cl.Cl. The lowest BCUT2D eigenvalue weighted by Gasteiger charge is -2.42. The van der Waals surface area contributed by atoms with Crippen LogP contribution < -0.4 is 5.73 Å². The van der Waals surface area contributed by atoms with Gasteiger partial charge in [0.25, 0.3) is 5.91 Å². The molecule has 7 heteroatoms. The molecule has 1 aliphatic rings. The van der Waals surface area contributed by atoms with Crippen LogP contribution in [0.3, 0.4) is 0 Å². The van der Waals surface area contributed by atoms with Gasteiger partial charge in [-0.05, 0) is 30.0 Å². The third kappa shape index (κ3) is 3.94. The van der Waals surface area contributed by atoms with Gasteiger partial charge < -0.3 is 10.6 Å². The minimum atomic E-state index is -0.0876. The highest BCUT2D eigenvalue weighted by atomic mass is 35.5. The summed E-state index contributed by atoms with van der Waals surface area (Å²) in [6.45, 7) is 5.52. The molecular weight excluding hydrogens is 369 g/mol. The molecule has 1 aromatic heterocycles. The number of benzene rings is 1. The second kappa shape index (κ2) is 7.87. The Morgan fingerprint density at radius 2 is 2.08 bits per heavy atom. The van der Waals surface area contributed by atoms with Crippen molar-refractivity contribution in [2.45, 2.75) is 26.3 Å². The quantitative estimate of drug-likeness (QED) is 0.802. The summed E-state index contributed by atoms with van der Waals surface area (Å²) in [6.07, 6.45) is 2.51. The number of pyridine rings is 1. The van der Waals surface area contributed by atoms with Crippen molar-refractivity contribution >= 4 is 53.2 Å². The molecule has 1 fully saturated rings. The number of carbonyl (C=O) groups excluding carboxylic acids is 1. The van der Waals surface area contributed by atoms with Crippen molar-refractivity contribution in [3.63, 3.8) is 0 Å². The third-order valence-corrected chi connectivity index (χ3v) is 4.72. The molecule has 3 rings (SSSR count). The van der Waals surface area contributed by atoms with Crippen molar-refractivity contribution in [1.82, 2.24) is 9.88 Å². The van der Waals surface area contributed by atoms with Crippen molar-refractivity contribution in [3.05, 3.63) is 41.0 Å². The molecule has 0 bridgehead atoms. The predicted octanol–water partition coefficient (Wildman–Crippen LogP) is 3.93. The Labute approximate surface area is 159 Å². The molecule has 132 valence electrons. The van der Waals surface area contributed by atoms with Crippen LogP contribution >= 0.6 is 36.4 Å². The van der Waals surface area contributed by atoms with Gasteiger partial charge >= 0.3 is 0 Å². The van der Waals surface area contributed by atoms with E-state index in [1.54, 1.807) is 12.3 Å². The molecule has 1 saturated heterocycles. The van der Waals surface area contributed by atoms with E-state index in [-0.39, 0.29) is 42.2 Å². The van der Waals surface area contributed by atoms with Crippen LogP contribution in [0, 0.1) is 5.41 Å². The smallest absolute Gasteiger partial charge is 0.256 e. The molecule has 0 radical (unpaired) electrons. The van der Waals surface area contributed by atoms with Gasteiger partial charge in [0.1, 0.15) is 0 Å². The topological polar surface area (TPSA) is 59.2 Å². The van der Waals surface area contributed by atoms with Crippen LogP contribution in [0.25, 0.3) is 10.9 Å². The number of nitrogens with two attached hydrogens (primary N) is 1. The number of nitrogens with zero attached hydrogens (tertiary/aromatic N) is 2. The van der Waals surface area contributed by atoms with Gasteiger partial charge in [0.05, 0.1) is 11.1 Å². The van der Waals surface area contributed by atoms with Gasteiger partial charge in [-0.2, -0.15) is 0 Å². The first-order chi connectivity index (χ1) is 10.4. The van der Waals surface area contributed by atoms with Crippen LogP contribution in [-0.4, -0.2) is 34.9 Å². The molecule has 1 amide bonds. The average Bonchev–Trinajstić information content (AvgIpc) is 2.48. The fourth-order valence-electron chi connectivity index (χ4n) is 3.04. The molecule has 1 unspecified atom stereocenters. The lowest BCUT2D eigenvalue weighted by molar-refractivity contribution is 0.0534. The maximum absolute atomic E-state index is 12.9. The van der Waals surface area contributed by atoms with Gasteiger partial charge in [0, 0.05) is 35.7 Å². The largest absolute Gasteiger partial charge is 0.338 e. The van der Waals surface area contributed by atoms with Gasteiger partial charge in [0.15, 0.2) is 0 Å². The van der Waals surface area contributed by atoms with E-state index >= 15 is 0 Å². The molecule has 0 spiro atoms. The van der Waals surface area contributed by atoms with Crippen molar-refractivity contribution in [2.24, 2.45) is 11.1 Å². The number of rotatable bonds is 1. The summed E-state index contributed by atoms with van der Waals surface area (Å²) in [5.41, 5.74) is 7.33. The molecule has 4 nitrogen and oxygen atoms in total. The standard InChI is InChI=1S/C17H20ClN3O.2ClH/c1-17(2)10-21(7-5-14(17)19)16(22)13-9-12(18)8-11-4-3-6-20-15(11)13;;/h3-4,6,8-9,14H,5,7,10,19H2,1-2H3;2*1H. The van der Waals surface area contributed by atoms with Crippen LogP contribution in [0.1, 0.15) is 30.6 Å². The fraction of sp³-hybridized carbons (Fsp3) is 0.412. The maximum atomic E-state index is 12.9. The lowest BCUT2D eigenvalue weighted by Crippen LogP contribution is -2.54. The molecule has 2 aromatic rings. The number of amides is 1. The molecular formula is C17H22Cl3N3O. The number of aromatic nitrogens is 1. The van der Waals surface area contributed by atoms with E-state index in [2.05, 4.69) is 18.8 Å². The van der Waals surface area contributed by atoms with Crippen LogP contribution in [-0.2, 0) is 0 Å². The zero-order chi connectivity index (χ0) is 15.9. The van der Waals surface area contributed by atoms with Crippen molar-refractivity contribution in [2.75, 3.05) is 13.1 Å². The van der Waals surface area contributed by atoms with Gasteiger partial charge in [-0.3, -0.25) is 9.78 Å². The summed E-state index contributed by atoms with van der Waals surface area (Å²) in [5, 5.41) is 1.43. The summed E-state index contributed by atoms with van der Waals surface area (Å²) >= 11 is 6.17.